The molecule has 0 saturated heterocycles. The molecule has 180 valence electrons. The number of alkyl halides is 3. The average Bonchev–Trinajstić information content (AvgIpc) is 2.64. The summed E-state index contributed by atoms with van der Waals surface area (Å²) in [5, 5.41) is 2.24. The van der Waals surface area contributed by atoms with E-state index in [-0.39, 0.29) is 12.3 Å². The first-order valence-corrected chi connectivity index (χ1v) is 14.4. The first kappa shape index (κ1) is 26.7. The molecular weight excluding hydrogens is 516 g/mol. The lowest BCUT2D eigenvalue weighted by molar-refractivity contribution is -0.253. The monoisotopic (exact) mass is 542 g/mol. The molecule has 2 rings (SSSR count). The number of nitrogens with zero attached hydrogens (tertiary/aromatic N) is 1. The quantitative estimate of drug-likeness (QED) is 0.220. The van der Waals surface area contributed by atoms with Gasteiger partial charge in [0.1, 0.15) is 18.1 Å². The lowest BCUT2D eigenvalue weighted by atomic mass is 9.90. The van der Waals surface area contributed by atoms with Gasteiger partial charge < -0.3 is 14.2 Å². The predicted octanol–water partition coefficient (Wildman–Crippen LogP) is 5.59. The van der Waals surface area contributed by atoms with Crippen molar-refractivity contribution in [2.24, 2.45) is 4.99 Å². The van der Waals surface area contributed by atoms with Gasteiger partial charge in [-0.2, -0.15) is 13.2 Å². The summed E-state index contributed by atoms with van der Waals surface area (Å²) in [6.45, 7) is 8.16. The van der Waals surface area contributed by atoms with E-state index in [1.54, 1.807) is 0 Å². The number of rotatable bonds is 6. The van der Waals surface area contributed by atoms with Crippen molar-refractivity contribution in [3.05, 3.63) is 34.1 Å². The van der Waals surface area contributed by atoms with Gasteiger partial charge in [-0.3, -0.25) is 5.32 Å². The molecule has 0 radical (unpaired) electrons. The number of hydrogen-bond donors (Lipinski definition) is 1. The fourth-order valence-corrected chi connectivity index (χ4v) is 3.88. The number of alkyl carbamates (subject to hydrolysis) is 1. The minimum atomic E-state index is -4.93. The van der Waals surface area contributed by atoms with E-state index in [1.165, 1.54) is 19.1 Å². The molecular formula is C20H27BrF4N2O4Si. The Bertz CT molecular complexity index is 878. The standard InChI is InChI=1S/C20H27BrF4N2O4Si/c1-18(14-10-13(21)6-7-15(14)22)11-30-19(2,20(23,24)25)16(27-18)31-17(28)26-12-29-8-9-32(3,4)5/h6-7,10H,8-9,11-12H2,1-5H3,(H,26,28)/t18-,19+/m0/s1. The molecule has 0 saturated carbocycles. The molecule has 1 amide bonds. The van der Waals surface area contributed by atoms with Gasteiger partial charge in [0, 0.05) is 24.7 Å². The van der Waals surface area contributed by atoms with Crippen molar-refractivity contribution >= 4 is 36.0 Å². The van der Waals surface area contributed by atoms with Crippen LogP contribution in [0.3, 0.4) is 0 Å². The number of halogens is 5. The Morgan fingerprint density at radius 1 is 1.31 bits per heavy atom. The number of aliphatic imine (C=N–C) groups is 1. The largest absolute Gasteiger partial charge is 0.426 e. The summed E-state index contributed by atoms with van der Waals surface area (Å²) in [6.07, 6.45) is -6.12. The third-order valence-electron chi connectivity index (χ3n) is 4.95. The Kier molecular flexibility index (Phi) is 8.17. The summed E-state index contributed by atoms with van der Waals surface area (Å²) in [5.74, 6) is -1.70. The van der Waals surface area contributed by atoms with Crippen LogP contribution in [0.5, 0.6) is 0 Å². The van der Waals surface area contributed by atoms with Crippen LogP contribution in [-0.2, 0) is 19.7 Å². The van der Waals surface area contributed by atoms with E-state index in [9.17, 15) is 22.4 Å². The van der Waals surface area contributed by atoms with E-state index >= 15 is 0 Å². The van der Waals surface area contributed by atoms with Crippen LogP contribution in [0.2, 0.25) is 25.7 Å². The van der Waals surface area contributed by atoms with E-state index in [2.05, 4.69) is 45.9 Å². The van der Waals surface area contributed by atoms with Gasteiger partial charge >= 0.3 is 12.3 Å². The molecule has 1 aliphatic rings. The average molecular weight is 543 g/mol. The summed E-state index contributed by atoms with van der Waals surface area (Å²) in [6, 6.07) is 4.85. The van der Waals surface area contributed by atoms with Crippen LogP contribution in [0.25, 0.3) is 0 Å². The van der Waals surface area contributed by atoms with Crippen LogP contribution in [0.1, 0.15) is 19.4 Å². The Hall–Kier alpha value is -1.50. The van der Waals surface area contributed by atoms with Crippen molar-refractivity contribution in [1.29, 1.82) is 0 Å². The third kappa shape index (κ3) is 6.52. The second-order valence-electron chi connectivity index (χ2n) is 9.06. The zero-order valence-electron chi connectivity index (χ0n) is 18.5. The number of ether oxygens (including phenoxy) is 3. The van der Waals surface area contributed by atoms with E-state index in [0.29, 0.717) is 18.0 Å². The molecule has 0 spiro atoms. The van der Waals surface area contributed by atoms with Crippen molar-refractivity contribution in [2.45, 2.75) is 56.8 Å². The minimum absolute atomic E-state index is 0.00714. The fraction of sp³-hybridized carbons (Fsp3) is 0.600. The van der Waals surface area contributed by atoms with Gasteiger partial charge in [-0.25, -0.2) is 14.2 Å². The number of hydrogen-bond acceptors (Lipinski definition) is 5. The highest BCUT2D eigenvalue weighted by Crippen LogP contribution is 2.43. The Morgan fingerprint density at radius 3 is 2.56 bits per heavy atom. The highest BCUT2D eigenvalue weighted by Gasteiger charge is 2.61. The number of nitrogens with one attached hydrogen (secondary N) is 1. The smallest absolute Gasteiger partial charge is 0.392 e. The van der Waals surface area contributed by atoms with Crippen molar-refractivity contribution in [3.63, 3.8) is 0 Å². The molecule has 0 aromatic heterocycles. The first-order chi connectivity index (χ1) is 14.6. The highest BCUT2D eigenvalue weighted by atomic mass is 79.9. The van der Waals surface area contributed by atoms with Crippen LogP contribution in [0.15, 0.2) is 27.7 Å². The summed E-state index contributed by atoms with van der Waals surface area (Å²) in [4.78, 5) is 16.2. The molecule has 32 heavy (non-hydrogen) atoms. The molecule has 1 aromatic rings. The van der Waals surface area contributed by atoms with Gasteiger partial charge in [0.05, 0.1) is 6.61 Å². The summed E-state index contributed by atoms with van der Waals surface area (Å²) >= 11 is 3.21. The Balaban J connectivity index is 2.23. The second kappa shape index (κ2) is 9.78. The van der Waals surface area contributed by atoms with Crippen LogP contribution in [-0.4, -0.2) is 51.8 Å². The summed E-state index contributed by atoms with van der Waals surface area (Å²) < 4.78 is 71.6. The molecule has 1 aromatic carbocycles. The molecule has 1 N–H and O–H groups in total. The normalized spacial score (nSPS) is 24.1. The van der Waals surface area contributed by atoms with E-state index in [4.69, 9.17) is 14.2 Å². The molecule has 0 bridgehead atoms. The number of amides is 1. The zero-order chi connectivity index (χ0) is 24.4. The number of carbonyl (C=O) groups excluding carboxylic acids is 1. The van der Waals surface area contributed by atoms with Crippen molar-refractivity contribution in [3.8, 4) is 0 Å². The van der Waals surface area contributed by atoms with Gasteiger partial charge in [0.15, 0.2) is 0 Å². The molecule has 1 aliphatic heterocycles. The predicted molar refractivity (Wildman–Crippen MR) is 118 cm³/mol. The topological polar surface area (TPSA) is 69.2 Å². The summed E-state index contributed by atoms with van der Waals surface area (Å²) in [5.41, 5.74) is -4.54. The maximum atomic E-state index is 14.4. The van der Waals surface area contributed by atoms with Gasteiger partial charge in [0.2, 0.25) is 11.5 Å². The molecule has 12 heteroatoms. The van der Waals surface area contributed by atoms with E-state index in [1.807, 2.05) is 0 Å². The summed E-state index contributed by atoms with van der Waals surface area (Å²) in [7, 11) is -1.33. The molecule has 0 fully saturated rings. The Labute approximate surface area is 193 Å². The van der Waals surface area contributed by atoms with Crippen molar-refractivity contribution < 1.29 is 36.6 Å². The molecule has 1 heterocycles. The number of carbonyl (C=O) groups is 1. The number of benzene rings is 1. The maximum Gasteiger partial charge on any atom is 0.426 e. The molecule has 2 atom stereocenters. The van der Waals surface area contributed by atoms with Gasteiger partial charge in [-0.05, 0) is 38.1 Å². The van der Waals surface area contributed by atoms with Gasteiger partial charge in [-0.1, -0.05) is 35.6 Å². The van der Waals surface area contributed by atoms with Crippen LogP contribution in [0.4, 0.5) is 22.4 Å². The van der Waals surface area contributed by atoms with Crippen LogP contribution in [0, 0.1) is 5.82 Å². The Morgan fingerprint density at radius 2 is 1.97 bits per heavy atom. The highest BCUT2D eigenvalue weighted by molar-refractivity contribution is 9.10. The first-order valence-electron chi connectivity index (χ1n) is 9.87. The lowest BCUT2D eigenvalue weighted by Crippen LogP contribution is -2.58. The SMILES string of the molecule is C[C@@]1(c2cc(Br)ccc2F)CO[C@@](C)(C(F)(F)F)C(OC(=O)NCOCC[Si](C)(C)C)=N1. The van der Waals surface area contributed by atoms with Gasteiger partial charge in [-0.15, -0.1) is 0 Å². The van der Waals surface area contributed by atoms with Crippen molar-refractivity contribution in [1.82, 2.24) is 5.32 Å². The van der Waals surface area contributed by atoms with Crippen LogP contribution < -0.4 is 5.32 Å². The molecule has 0 aliphatic carbocycles. The fourth-order valence-electron chi connectivity index (χ4n) is 2.77. The van der Waals surface area contributed by atoms with E-state index < -0.39 is 49.8 Å². The van der Waals surface area contributed by atoms with Gasteiger partial charge in [0.25, 0.3) is 0 Å². The second-order valence-corrected chi connectivity index (χ2v) is 15.6. The van der Waals surface area contributed by atoms with Crippen molar-refractivity contribution in [2.75, 3.05) is 19.9 Å². The molecule has 0 unspecified atom stereocenters. The van der Waals surface area contributed by atoms with Crippen LogP contribution >= 0.6 is 15.9 Å². The molecule has 6 nitrogen and oxygen atoms in total. The zero-order valence-corrected chi connectivity index (χ0v) is 21.1. The van der Waals surface area contributed by atoms with E-state index in [0.717, 1.165) is 12.1 Å². The maximum absolute atomic E-state index is 14.4. The minimum Gasteiger partial charge on any atom is -0.392 e. The lowest BCUT2D eigenvalue weighted by Gasteiger charge is -2.41. The third-order valence-corrected chi connectivity index (χ3v) is 7.15.